The molecule has 0 saturated heterocycles. The van der Waals surface area contributed by atoms with Gasteiger partial charge in [-0.3, -0.25) is 4.79 Å². The van der Waals surface area contributed by atoms with Gasteiger partial charge in [0.05, 0.1) is 12.7 Å². The Kier molecular flexibility index (Phi) is 4.12. The van der Waals surface area contributed by atoms with Crippen molar-refractivity contribution in [2.75, 3.05) is 12.8 Å². The standard InChI is InChI=1S/C12H11NO4/c1-17-10(14)7-3-5-8-4-2-6-9(13)11(8)12(15)16/h2,4,6H,7,13H2,1H3,(H,15,16). The number of methoxy groups -OCH3 is 1. The summed E-state index contributed by atoms with van der Waals surface area (Å²) in [6.45, 7) is 0. The first-order chi connectivity index (χ1) is 8.06. The fourth-order valence-electron chi connectivity index (χ4n) is 1.20. The number of hydrogen-bond acceptors (Lipinski definition) is 4. The van der Waals surface area contributed by atoms with Gasteiger partial charge in [0.1, 0.15) is 6.42 Å². The highest BCUT2D eigenvalue weighted by atomic mass is 16.5. The SMILES string of the molecule is COC(=O)CC#Cc1cccc(N)c1C(=O)O. The highest BCUT2D eigenvalue weighted by Gasteiger charge is 2.11. The number of aromatic carboxylic acids is 1. The molecule has 1 rings (SSSR count). The molecule has 0 bridgehead atoms. The van der Waals surface area contributed by atoms with E-state index in [1.54, 1.807) is 6.07 Å². The number of benzene rings is 1. The molecule has 0 heterocycles. The van der Waals surface area contributed by atoms with Gasteiger partial charge in [0.2, 0.25) is 0 Å². The van der Waals surface area contributed by atoms with Crippen LogP contribution in [0, 0.1) is 11.8 Å². The number of ether oxygens (including phenoxy) is 1. The Morgan fingerprint density at radius 1 is 1.47 bits per heavy atom. The van der Waals surface area contributed by atoms with Crippen molar-refractivity contribution in [3.63, 3.8) is 0 Å². The maximum atomic E-state index is 11.0. The summed E-state index contributed by atoms with van der Waals surface area (Å²) in [5.41, 5.74) is 5.91. The van der Waals surface area contributed by atoms with Crippen molar-refractivity contribution in [3.05, 3.63) is 29.3 Å². The highest BCUT2D eigenvalue weighted by molar-refractivity contribution is 5.96. The topological polar surface area (TPSA) is 89.6 Å². The first kappa shape index (κ1) is 12.6. The molecule has 0 spiro atoms. The van der Waals surface area contributed by atoms with Crippen molar-refractivity contribution >= 4 is 17.6 Å². The van der Waals surface area contributed by atoms with Gasteiger partial charge in [0, 0.05) is 11.3 Å². The molecule has 1 aromatic rings. The van der Waals surface area contributed by atoms with Gasteiger partial charge in [-0.2, -0.15) is 0 Å². The molecule has 0 radical (unpaired) electrons. The van der Waals surface area contributed by atoms with E-state index in [2.05, 4.69) is 16.6 Å². The summed E-state index contributed by atoms with van der Waals surface area (Å²) in [5.74, 6) is 3.50. The Morgan fingerprint density at radius 2 is 2.18 bits per heavy atom. The molecule has 0 aliphatic heterocycles. The summed E-state index contributed by atoms with van der Waals surface area (Å²) >= 11 is 0. The minimum atomic E-state index is -1.15. The van der Waals surface area contributed by atoms with Gasteiger partial charge in [-0.25, -0.2) is 4.79 Å². The lowest BCUT2D eigenvalue weighted by Gasteiger charge is -2.02. The fourth-order valence-corrected chi connectivity index (χ4v) is 1.20. The van der Waals surface area contributed by atoms with Crippen LogP contribution in [0.5, 0.6) is 0 Å². The van der Waals surface area contributed by atoms with Crippen LogP contribution in [0.15, 0.2) is 18.2 Å². The quantitative estimate of drug-likeness (QED) is 0.449. The Hall–Kier alpha value is -2.48. The van der Waals surface area contributed by atoms with Gasteiger partial charge in [-0.1, -0.05) is 17.9 Å². The number of rotatable bonds is 2. The molecule has 0 unspecified atom stereocenters. The molecule has 88 valence electrons. The smallest absolute Gasteiger partial charge is 0.339 e. The first-order valence-electron chi connectivity index (χ1n) is 4.73. The summed E-state index contributed by atoms with van der Waals surface area (Å²) in [4.78, 5) is 21.8. The van der Waals surface area contributed by atoms with E-state index in [0.717, 1.165) is 0 Å². The number of carbonyl (C=O) groups excluding carboxylic acids is 1. The lowest BCUT2D eigenvalue weighted by molar-refractivity contribution is -0.139. The summed E-state index contributed by atoms with van der Waals surface area (Å²) in [6.07, 6.45) is -0.0929. The van der Waals surface area contributed by atoms with E-state index in [4.69, 9.17) is 10.8 Å². The molecular weight excluding hydrogens is 222 g/mol. The molecule has 0 aliphatic carbocycles. The van der Waals surface area contributed by atoms with Crippen LogP contribution >= 0.6 is 0 Å². The Bertz CT molecular complexity index is 511. The number of nitrogen functional groups attached to an aromatic ring is 1. The minimum Gasteiger partial charge on any atom is -0.478 e. The van der Waals surface area contributed by atoms with Gasteiger partial charge in [0.25, 0.3) is 0 Å². The molecule has 0 aliphatic rings. The number of anilines is 1. The Labute approximate surface area is 98.2 Å². The maximum absolute atomic E-state index is 11.0. The molecule has 0 saturated carbocycles. The third-order valence-corrected chi connectivity index (χ3v) is 1.99. The number of carboxylic acids is 1. The molecule has 5 heteroatoms. The fraction of sp³-hybridized carbons (Fsp3) is 0.167. The summed E-state index contributed by atoms with van der Waals surface area (Å²) < 4.78 is 4.41. The highest BCUT2D eigenvalue weighted by Crippen LogP contribution is 2.15. The van der Waals surface area contributed by atoms with Crippen LogP contribution in [0.1, 0.15) is 22.3 Å². The molecule has 3 N–H and O–H groups in total. The zero-order chi connectivity index (χ0) is 12.8. The van der Waals surface area contributed by atoms with Gasteiger partial charge >= 0.3 is 11.9 Å². The second-order valence-corrected chi connectivity index (χ2v) is 3.13. The monoisotopic (exact) mass is 233 g/mol. The molecule has 17 heavy (non-hydrogen) atoms. The zero-order valence-corrected chi connectivity index (χ0v) is 9.19. The van der Waals surface area contributed by atoms with Crippen LogP contribution in [0.4, 0.5) is 5.69 Å². The van der Waals surface area contributed by atoms with E-state index in [1.165, 1.54) is 19.2 Å². The van der Waals surface area contributed by atoms with Crippen molar-refractivity contribution in [2.45, 2.75) is 6.42 Å². The zero-order valence-electron chi connectivity index (χ0n) is 9.19. The Balaban J connectivity index is 3.02. The van der Waals surface area contributed by atoms with Crippen molar-refractivity contribution in [3.8, 4) is 11.8 Å². The third kappa shape index (κ3) is 3.24. The van der Waals surface area contributed by atoms with Crippen molar-refractivity contribution < 1.29 is 19.4 Å². The molecule has 0 aromatic heterocycles. The van der Waals surface area contributed by atoms with Gasteiger partial charge in [-0.15, -0.1) is 0 Å². The normalized spacial score (nSPS) is 9.00. The molecule has 5 nitrogen and oxygen atoms in total. The Morgan fingerprint density at radius 3 is 2.76 bits per heavy atom. The predicted molar refractivity (Wildman–Crippen MR) is 61.3 cm³/mol. The lowest BCUT2D eigenvalue weighted by Crippen LogP contribution is -2.05. The van der Waals surface area contributed by atoms with Crippen LogP contribution in [0.3, 0.4) is 0 Å². The molecule has 1 aromatic carbocycles. The van der Waals surface area contributed by atoms with E-state index >= 15 is 0 Å². The lowest BCUT2D eigenvalue weighted by atomic mass is 10.1. The summed E-state index contributed by atoms with van der Waals surface area (Å²) in [5, 5.41) is 8.96. The van der Waals surface area contributed by atoms with E-state index in [-0.39, 0.29) is 23.2 Å². The maximum Gasteiger partial charge on any atom is 0.339 e. The number of hydrogen-bond donors (Lipinski definition) is 2. The van der Waals surface area contributed by atoms with Gasteiger partial charge < -0.3 is 15.6 Å². The molecular formula is C12H11NO4. The number of carbonyl (C=O) groups is 2. The minimum absolute atomic E-state index is 0.0511. The van der Waals surface area contributed by atoms with Crippen LogP contribution < -0.4 is 5.73 Å². The first-order valence-corrected chi connectivity index (χ1v) is 4.73. The second kappa shape index (κ2) is 5.56. The van der Waals surface area contributed by atoms with Crippen LogP contribution in [0.2, 0.25) is 0 Å². The van der Waals surface area contributed by atoms with Crippen molar-refractivity contribution in [2.24, 2.45) is 0 Å². The van der Waals surface area contributed by atoms with Gasteiger partial charge in [0.15, 0.2) is 0 Å². The van der Waals surface area contributed by atoms with Crippen LogP contribution in [0.25, 0.3) is 0 Å². The molecule has 0 atom stereocenters. The van der Waals surface area contributed by atoms with E-state index in [1.807, 2.05) is 0 Å². The number of nitrogens with two attached hydrogens (primary N) is 1. The average molecular weight is 233 g/mol. The third-order valence-electron chi connectivity index (χ3n) is 1.99. The van der Waals surface area contributed by atoms with E-state index < -0.39 is 11.9 Å². The van der Waals surface area contributed by atoms with Crippen molar-refractivity contribution in [1.82, 2.24) is 0 Å². The average Bonchev–Trinajstić information content (AvgIpc) is 2.28. The summed E-state index contributed by atoms with van der Waals surface area (Å²) in [7, 11) is 1.26. The largest absolute Gasteiger partial charge is 0.478 e. The molecule has 0 amide bonds. The molecule has 0 fully saturated rings. The van der Waals surface area contributed by atoms with Gasteiger partial charge in [-0.05, 0) is 12.1 Å². The van der Waals surface area contributed by atoms with E-state index in [9.17, 15) is 9.59 Å². The number of carboxylic acid groups (broad SMARTS) is 1. The van der Waals surface area contributed by atoms with Crippen molar-refractivity contribution in [1.29, 1.82) is 0 Å². The predicted octanol–water partition coefficient (Wildman–Crippen LogP) is 0.882. The van der Waals surface area contributed by atoms with Crippen LogP contribution in [-0.2, 0) is 9.53 Å². The number of esters is 1. The van der Waals surface area contributed by atoms with E-state index in [0.29, 0.717) is 0 Å². The summed E-state index contributed by atoms with van der Waals surface area (Å²) in [6, 6.07) is 4.61. The second-order valence-electron chi connectivity index (χ2n) is 3.13. The van der Waals surface area contributed by atoms with Crippen LogP contribution in [-0.4, -0.2) is 24.2 Å².